The predicted molar refractivity (Wildman–Crippen MR) is 78.7 cm³/mol. The summed E-state index contributed by atoms with van der Waals surface area (Å²) >= 11 is 11.9. The molecule has 19 heavy (non-hydrogen) atoms. The normalized spacial score (nSPS) is 12.4. The Kier molecular flexibility index (Phi) is 4.40. The van der Waals surface area contributed by atoms with Gasteiger partial charge < -0.3 is 16.2 Å². The largest absolute Gasteiger partial charge is 0.399 e. The number of halogens is 2. The molecule has 0 fully saturated rings. The predicted octanol–water partition coefficient (Wildman–Crippen LogP) is 2.85. The fourth-order valence-electron chi connectivity index (χ4n) is 1.28. The zero-order valence-corrected chi connectivity index (χ0v) is 12.9. The van der Waals surface area contributed by atoms with E-state index in [1.165, 1.54) is 12.1 Å². The number of nitrogens with two attached hydrogens (primary N) is 1. The number of aliphatic hydroxyl groups is 1. The van der Waals surface area contributed by atoms with Crippen LogP contribution in [0.1, 0.15) is 38.1 Å². The Labute approximate surface area is 122 Å². The molecule has 0 aliphatic heterocycles. The van der Waals surface area contributed by atoms with Gasteiger partial charge in [0.05, 0.1) is 26.7 Å². The van der Waals surface area contributed by atoms with E-state index in [0.717, 1.165) is 0 Å². The summed E-state index contributed by atoms with van der Waals surface area (Å²) in [6, 6.07) is 2.92. The Hall–Kier alpha value is -0.970. The lowest BCUT2D eigenvalue weighted by atomic mass is 9.85. The van der Waals surface area contributed by atoms with E-state index in [4.69, 9.17) is 28.9 Å². The summed E-state index contributed by atoms with van der Waals surface area (Å²) in [6.45, 7) is 6.65. The Morgan fingerprint density at radius 3 is 2.26 bits per heavy atom. The molecule has 1 amide bonds. The van der Waals surface area contributed by atoms with Gasteiger partial charge in [-0.05, 0) is 39.8 Å². The molecule has 0 bridgehead atoms. The SMILES string of the molecule is CC(C)(O)C(C)(C)NC(=O)c1cc(N)cc(Cl)c1Cl. The van der Waals surface area contributed by atoms with Gasteiger partial charge >= 0.3 is 0 Å². The van der Waals surface area contributed by atoms with Crippen LogP contribution in [0.5, 0.6) is 0 Å². The second-order valence-corrected chi connectivity index (χ2v) is 6.29. The van der Waals surface area contributed by atoms with E-state index in [1.54, 1.807) is 27.7 Å². The molecule has 0 saturated carbocycles. The van der Waals surface area contributed by atoms with Crippen LogP contribution in [-0.4, -0.2) is 22.2 Å². The maximum atomic E-state index is 12.2. The van der Waals surface area contributed by atoms with Crippen molar-refractivity contribution in [3.63, 3.8) is 0 Å². The molecule has 0 atom stereocenters. The lowest BCUT2D eigenvalue weighted by Crippen LogP contribution is -2.57. The number of carbonyl (C=O) groups is 1. The molecule has 0 unspecified atom stereocenters. The van der Waals surface area contributed by atoms with Crippen molar-refractivity contribution in [2.75, 3.05) is 5.73 Å². The molecule has 4 nitrogen and oxygen atoms in total. The minimum atomic E-state index is -1.10. The number of nitrogen functional groups attached to an aromatic ring is 1. The summed E-state index contributed by atoms with van der Waals surface area (Å²) in [4.78, 5) is 12.2. The molecule has 0 heterocycles. The highest BCUT2D eigenvalue weighted by atomic mass is 35.5. The van der Waals surface area contributed by atoms with Crippen LogP contribution >= 0.6 is 23.2 Å². The maximum Gasteiger partial charge on any atom is 0.253 e. The molecule has 1 aromatic rings. The van der Waals surface area contributed by atoms with Crippen molar-refractivity contribution in [2.45, 2.75) is 38.8 Å². The van der Waals surface area contributed by atoms with Gasteiger partial charge in [-0.3, -0.25) is 4.79 Å². The first-order chi connectivity index (χ1) is 8.45. The number of hydrogen-bond donors (Lipinski definition) is 3. The highest BCUT2D eigenvalue weighted by Gasteiger charge is 2.36. The zero-order chi connectivity index (χ0) is 15.0. The number of nitrogens with one attached hydrogen (secondary N) is 1. The summed E-state index contributed by atoms with van der Waals surface area (Å²) in [6.07, 6.45) is 0. The van der Waals surface area contributed by atoms with E-state index in [9.17, 15) is 9.90 Å². The van der Waals surface area contributed by atoms with Crippen molar-refractivity contribution in [2.24, 2.45) is 0 Å². The Morgan fingerprint density at radius 2 is 1.79 bits per heavy atom. The Morgan fingerprint density at radius 1 is 1.26 bits per heavy atom. The van der Waals surface area contributed by atoms with E-state index in [-0.39, 0.29) is 15.6 Å². The number of amides is 1. The van der Waals surface area contributed by atoms with Crippen LogP contribution in [-0.2, 0) is 0 Å². The fraction of sp³-hybridized carbons (Fsp3) is 0.462. The molecule has 1 aromatic carbocycles. The van der Waals surface area contributed by atoms with Gasteiger partial charge in [-0.1, -0.05) is 23.2 Å². The van der Waals surface area contributed by atoms with Crippen LogP contribution in [0.2, 0.25) is 10.0 Å². The molecule has 0 saturated heterocycles. The fourth-order valence-corrected chi connectivity index (χ4v) is 1.70. The summed E-state index contributed by atoms with van der Waals surface area (Å²) in [5.74, 6) is -0.439. The zero-order valence-electron chi connectivity index (χ0n) is 11.3. The van der Waals surface area contributed by atoms with E-state index in [2.05, 4.69) is 5.32 Å². The summed E-state index contributed by atoms with van der Waals surface area (Å²) in [5, 5.41) is 13.1. The molecule has 6 heteroatoms. The monoisotopic (exact) mass is 304 g/mol. The van der Waals surface area contributed by atoms with Gasteiger partial charge in [0, 0.05) is 5.69 Å². The molecular formula is C13H18Cl2N2O2. The van der Waals surface area contributed by atoms with Crippen molar-refractivity contribution in [1.29, 1.82) is 0 Å². The molecule has 0 aliphatic carbocycles. The smallest absolute Gasteiger partial charge is 0.253 e. The third kappa shape index (κ3) is 3.53. The molecule has 0 radical (unpaired) electrons. The number of carbonyl (C=O) groups excluding carboxylic acids is 1. The van der Waals surface area contributed by atoms with E-state index in [0.29, 0.717) is 5.69 Å². The van der Waals surface area contributed by atoms with Crippen molar-refractivity contribution in [3.8, 4) is 0 Å². The standard InChI is InChI=1S/C13H18Cl2N2O2/c1-12(2,13(3,4)19)17-11(18)8-5-7(16)6-9(14)10(8)15/h5-6,19H,16H2,1-4H3,(H,17,18). The van der Waals surface area contributed by atoms with Crippen LogP contribution in [0.4, 0.5) is 5.69 Å². The Bertz CT molecular complexity index is 508. The molecular weight excluding hydrogens is 287 g/mol. The van der Waals surface area contributed by atoms with Crippen molar-refractivity contribution in [3.05, 3.63) is 27.7 Å². The molecule has 0 spiro atoms. The van der Waals surface area contributed by atoms with Crippen molar-refractivity contribution in [1.82, 2.24) is 5.32 Å². The van der Waals surface area contributed by atoms with Gasteiger partial charge in [0.15, 0.2) is 0 Å². The van der Waals surface area contributed by atoms with Crippen LogP contribution in [0.15, 0.2) is 12.1 Å². The van der Waals surface area contributed by atoms with E-state index >= 15 is 0 Å². The summed E-state index contributed by atoms with van der Waals surface area (Å²) in [7, 11) is 0. The first kappa shape index (κ1) is 16.1. The third-order valence-corrected chi connectivity index (χ3v) is 4.05. The van der Waals surface area contributed by atoms with Crippen LogP contribution in [0, 0.1) is 0 Å². The first-order valence-corrected chi connectivity index (χ1v) is 6.51. The van der Waals surface area contributed by atoms with Gasteiger partial charge in [-0.15, -0.1) is 0 Å². The molecule has 106 valence electrons. The second kappa shape index (κ2) is 5.19. The lowest BCUT2D eigenvalue weighted by Gasteiger charge is -2.38. The lowest BCUT2D eigenvalue weighted by molar-refractivity contribution is -0.00292. The van der Waals surface area contributed by atoms with Crippen LogP contribution < -0.4 is 11.1 Å². The highest BCUT2D eigenvalue weighted by molar-refractivity contribution is 6.44. The molecule has 4 N–H and O–H groups in total. The maximum absolute atomic E-state index is 12.2. The topological polar surface area (TPSA) is 75.3 Å². The van der Waals surface area contributed by atoms with Gasteiger partial charge in [0.25, 0.3) is 5.91 Å². The van der Waals surface area contributed by atoms with E-state index < -0.39 is 17.0 Å². The highest BCUT2D eigenvalue weighted by Crippen LogP contribution is 2.29. The summed E-state index contributed by atoms with van der Waals surface area (Å²) < 4.78 is 0. The molecule has 0 aliphatic rings. The number of rotatable bonds is 3. The van der Waals surface area contributed by atoms with Crippen LogP contribution in [0.3, 0.4) is 0 Å². The first-order valence-electron chi connectivity index (χ1n) is 5.75. The van der Waals surface area contributed by atoms with Crippen molar-refractivity contribution >= 4 is 34.8 Å². The minimum absolute atomic E-state index is 0.139. The quantitative estimate of drug-likeness (QED) is 0.752. The van der Waals surface area contributed by atoms with Crippen LogP contribution in [0.25, 0.3) is 0 Å². The van der Waals surface area contributed by atoms with Gasteiger partial charge in [0.2, 0.25) is 0 Å². The van der Waals surface area contributed by atoms with Crippen molar-refractivity contribution < 1.29 is 9.90 Å². The van der Waals surface area contributed by atoms with Gasteiger partial charge in [0.1, 0.15) is 0 Å². The average molecular weight is 305 g/mol. The second-order valence-electron chi connectivity index (χ2n) is 5.50. The number of hydrogen-bond acceptors (Lipinski definition) is 3. The molecule has 0 aromatic heterocycles. The molecule has 1 rings (SSSR count). The Balaban J connectivity index is 3.10. The van der Waals surface area contributed by atoms with Gasteiger partial charge in [-0.2, -0.15) is 0 Å². The third-order valence-electron chi connectivity index (χ3n) is 3.25. The average Bonchev–Trinajstić information content (AvgIpc) is 2.20. The van der Waals surface area contributed by atoms with E-state index in [1.807, 2.05) is 0 Å². The summed E-state index contributed by atoms with van der Waals surface area (Å²) in [5.41, 5.74) is 4.23. The number of benzene rings is 1. The van der Waals surface area contributed by atoms with Gasteiger partial charge in [-0.25, -0.2) is 0 Å². The minimum Gasteiger partial charge on any atom is -0.399 e. The number of anilines is 1.